The largest absolute Gasteiger partial charge is 0.105 e. The molecular weight excluding hydrogens is 300 g/mol. The fourth-order valence-corrected chi connectivity index (χ4v) is 5.49. The quantitative estimate of drug-likeness (QED) is 0.587. The molecule has 3 heteroatoms. The van der Waals surface area contributed by atoms with Crippen molar-refractivity contribution in [3.8, 4) is 0 Å². The van der Waals surface area contributed by atoms with Gasteiger partial charge in [0.05, 0.1) is 0 Å². The smallest absolute Gasteiger partial charge is 0.103 e. The van der Waals surface area contributed by atoms with Crippen molar-refractivity contribution in [1.82, 2.24) is 0 Å². The summed E-state index contributed by atoms with van der Waals surface area (Å²) in [5, 5.41) is 0. The maximum Gasteiger partial charge on any atom is 0.105 e. The number of benzene rings is 1. The molecule has 0 saturated carbocycles. The summed E-state index contributed by atoms with van der Waals surface area (Å²) in [5.41, 5.74) is 8.62. The highest BCUT2D eigenvalue weighted by atomic mass is 32.2. The van der Waals surface area contributed by atoms with Crippen LogP contribution in [0.4, 0.5) is 0 Å². The monoisotopic (exact) mass is 326 g/mol. The molecule has 112 valence electrons. The lowest BCUT2D eigenvalue weighted by atomic mass is 9.90. The van der Waals surface area contributed by atoms with Crippen LogP contribution < -0.4 is 0 Å². The molecule has 20 heavy (non-hydrogen) atoms. The SMILES string of the molecule is Cc1c(C)c(C)c(CSC(=S)SC(C)(C)C)c(C)c1C. The minimum atomic E-state index is 0.202. The summed E-state index contributed by atoms with van der Waals surface area (Å²) in [6, 6.07) is 0. The van der Waals surface area contributed by atoms with E-state index in [1.165, 1.54) is 33.4 Å². The van der Waals surface area contributed by atoms with Gasteiger partial charge in [0.25, 0.3) is 0 Å². The Morgan fingerprint density at radius 3 is 1.65 bits per heavy atom. The van der Waals surface area contributed by atoms with Gasteiger partial charge >= 0.3 is 0 Å². The highest BCUT2D eigenvalue weighted by molar-refractivity contribution is 8.47. The Kier molecular flexibility index (Phi) is 6.18. The molecule has 0 atom stereocenters. The third-order valence-corrected chi connectivity index (χ3v) is 6.53. The molecule has 0 bridgehead atoms. The van der Waals surface area contributed by atoms with Crippen molar-refractivity contribution in [2.24, 2.45) is 0 Å². The molecule has 0 N–H and O–H groups in total. The van der Waals surface area contributed by atoms with Crippen molar-refractivity contribution >= 4 is 39.3 Å². The summed E-state index contributed by atoms with van der Waals surface area (Å²) in [6.45, 7) is 17.8. The van der Waals surface area contributed by atoms with Crippen molar-refractivity contribution in [2.45, 2.75) is 65.9 Å². The van der Waals surface area contributed by atoms with Crippen LogP contribution in [-0.2, 0) is 5.75 Å². The van der Waals surface area contributed by atoms with Crippen LogP contribution >= 0.6 is 35.7 Å². The Morgan fingerprint density at radius 2 is 1.25 bits per heavy atom. The molecule has 0 nitrogen and oxygen atoms in total. The van der Waals surface area contributed by atoms with Gasteiger partial charge in [0.15, 0.2) is 0 Å². The third kappa shape index (κ3) is 4.51. The highest BCUT2D eigenvalue weighted by Gasteiger charge is 2.16. The van der Waals surface area contributed by atoms with Gasteiger partial charge in [-0.1, -0.05) is 33.0 Å². The number of thioether (sulfide) groups is 2. The lowest BCUT2D eigenvalue weighted by molar-refractivity contribution is 0.809. The van der Waals surface area contributed by atoms with Gasteiger partial charge in [-0.2, -0.15) is 0 Å². The van der Waals surface area contributed by atoms with Gasteiger partial charge in [0, 0.05) is 10.5 Å². The lowest BCUT2D eigenvalue weighted by Crippen LogP contribution is -2.09. The Bertz CT molecular complexity index is 493. The lowest BCUT2D eigenvalue weighted by Gasteiger charge is -2.20. The van der Waals surface area contributed by atoms with Gasteiger partial charge in [-0.05, 0) is 68.0 Å². The molecule has 0 radical (unpaired) electrons. The van der Waals surface area contributed by atoms with Crippen LogP contribution in [0.15, 0.2) is 0 Å². The summed E-state index contributed by atoms with van der Waals surface area (Å²) in [7, 11) is 0. The minimum absolute atomic E-state index is 0.202. The van der Waals surface area contributed by atoms with Gasteiger partial charge < -0.3 is 0 Å². The van der Waals surface area contributed by atoms with Crippen LogP contribution in [0.1, 0.15) is 54.2 Å². The molecule has 0 heterocycles. The highest BCUT2D eigenvalue weighted by Crippen LogP contribution is 2.34. The first-order valence-electron chi connectivity index (χ1n) is 6.96. The predicted molar refractivity (Wildman–Crippen MR) is 101 cm³/mol. The molecular formula is C17H26S3. The third-order valence-electron chi connectivity index (χ3n) is 3.88. The number of rotatable bonds is 2. The molecule has 0 spiro atoms. The van der Waals surface area contributed by atoms with E-state index in [-0.39, 0.29) is 4.75 Å². The second-order valence-electron chi connectivity index (χ2n) is 6.36. The van der Waals surface area contributed by atoms with E-state index >= 15 is 0 Å². The maximum atomic E-state index is 5.51. The van der Waals surface area contributed by atoms with Crippen molar-refractivity contribution < 1.29 is 0 Å². The van der Waals surface area contributed by atoms with Crippen molar-refractivity contribution in [3.05, 3.63) is 33.4 Å². The van der Waals surface area contributed by atoms with Crippen LogP contribution in [0.2, 0.25) is 0 Å². The molecule has 0 aliphatic carbocycles. The molecule has 0 saturated heterocycles. The van der Waals surface area contributed by atoms with Crippen molar-refractivity contribution in [1.29, 1.82) is 0 Å². The van der Waals surface area contributed by atoms with E-state index < -0.39 is 0 Å². The summed E-state index contributed by atoms with van der Waals surface area (Å²) < 4.78 is 1.25. The zero-order valence-corrected chi connectivity index (χ0v) is 16.4. The zero-order valence-electron chi connectivity index (χ0n) is 13.9. The van der Waals surface area contributed by atoms with Crippen molar-refractivity contribution in [3.63, 3.8) is 0 Å². The Labute approximate surface area is 138 Å². The molecule has 0 aliphatic heterocycles. The summed E-state index contributed by atoms with van der Waals surface area (Å²) >= 11 is 9.10. The molecule has 1 aromatic rings. The number of thiocarbonyl (C=S) groups is 1. The van der Waals surface area contributed by atoms with Crippen LogP contribution in [-0.4, -0.2) is 8.28 Å². The van der Waals surface area contributed by atoms with Crippen LogP contribution in [0.25, 0.3) is 0 Å². The van der Waals surface area contributed by atoms with E-state index in [2.05, 4.69) is 55.4 Å². The Balaban J connectivity index is 2.92. The second kappa shape index (κ2) is 6.85. The van der Waals surface area contributed by atoms with Gasteiger partial charge in [-0.25, -0.2) is 0 Å². The first-order chi connectivity index (χ1) is 9.04. The normalized spacial score (nSPS) is 11.8. The van der Waals surface area contributed by atoms with Gasteiger partial charge in [-0.15, -0.1) is 23.5 Å². The number of hydrogen-bond donors (Lipinski definition) is 0. The van der Waals surface area contributed by atoms with Crippen LogP contribution in [0, 0.1) is 34.6 Å². The second-order valence-corrected chi connectivity index (χ2v) is 10.4. The summed E-state index contributed by atoms with van der Waals surface area (Å²) in [4.78, 5) is 0. The molecule has 0 aromatic heterocycles. The topological polar surface area (TPSA) is 0 Å². The van der Waals surface area contributed by atoms with E-state index in [4.69, 9.17) is 12.2 Å². The fraction of sp³-hybridized carbons (Fsp3) is 0.588. The zero-order chi connectivity index (χ0) is 15.7. The number of hydrogen-bond acceptors (Lipinski definition) is 3. The minimum Gasteiger partial charge on any atom is -0.103 e. The van der Waals surface area contributed by atoms with Gasteiger partial charge in [0.1, 0.15) is 3.53 Å². The molecule has 0 aliphatic rings. The van der Waals surface area contributed by atoms with E-state index in [1.807, 2.05) is 0 Å². The van der Waals surface area contributed by atoms with E-state index in [0.717, 1.165) is 9.28 Å². The van der Waals surface area contributed by atoms with E-state index in [9.17, 15) is 0 Å². The fourth-order valence-electron chi connectivity index (χ4n) is 2.20. The van der Waals surface area contributed by atoms with Crippen molar-refractivity contribution in [2.75, 3.05) is 0 Å². The first kappa shape index (κ1) is 18.1. The standard InChI is InChI=1S/C17H26S3/c1-10-11(2)13(4)15(14(5)12(10)3)9-19-16(18)20-17(6,7)8/h9H2,1-8H3. The van der Waals surface area contributed by atoms with Gasteiger partial charge in [-0.3, -0.25) is 0 Å². The van der Waals surface area contributed by atoms with Crippen LogP contribution in [0.3, 0.4) is 0 Å². The maximum absolute atomic E-state index is 5.51. The first-order valence-corrected chi connectivity index (χ1v) is 9.17. The summed E-state index contributed by atoms with van der Waals surface area (Å²) in [6.07, 6.45) is 0. The molecule has 0 fully saturated rings. The average molecular weight is 327 g/mol. The van der Waals surface area contributed by atoms with Gasteiger partial charge in [0.2, 0.25) is 0 Å². The summed E-state index contributed by atoms with van der Waals surface area (Å²) in [5.74, 6) is 0.988. The average Bonchev–Trinajstić information content (AvgIpc) is 2.32. The van der Waals surface area contributed by atoms with E-state index in [0.29, 0.717) is 0 Å². The molecule has 0 unspecified atom stereocenters. The Hall–Kier alpha value is 0.01000. The Morgan fingerprint density at radius 1 is 0.850 bits per heavy atom. The molecule has 1 rings (SSSR count). The molecule has 1 aromatic carbocycles. The predicted octanol–water partition coefficient (Wildman–Crippen LogP) is 6.28. The molecule has 0 amide bonds. The van der Waals surface area contributed by atoms with Crippen LogP contribution in [0.5, 0.6) is 0 Å². The van der Waals surface area contributed by atoms with E-state index in [1.54, 1.807) is 23.5 Å².